The van der Waals surface area contributed by atoms with Gasteiger partial charge in [0.25, 0.3) is 0 Å². The number of aromatic nitrogens is 2. The average Bonchev–Trinajstić information content (AvgIpc) is 2.87. The van der Waals surface area contributed by atoms with Gasteiger partial charge in [0.15, 0.2) is 5.43 Å². The van der Waals surface area contributed by atoms with E-state index >= 15 is 0 Å². The number of hydrogen-bond donors (Lipinski definition) is 4. The minimum Gasteiger partial charge on any atom is -0.507 e. The van der Waals surface area contributed by atoms with E-state index in [0.717, 1.165) is 21.7 Å². The Bertz CT molecular complexity index is 1040. The van der Waals surface area contributed by atoms with Gasteiger partial charge >= 0.3 is 0 Å². The summed E-state index contributed by atoms with van der Waals surface area (Å²) in [5.74, 6) is -0.136. The predicted octanol–water partition coefficient (Wildman–Crippen LogP) is 2.57. The first-order valence-electron chi connectivity index (χ1n) is 6.12. The molecular weight excluding hydrogens is 256 g/mol. The lowest BCUT2D eigenvalue weighted by Crippen LogP contribution is -1.99. The van der Waals surface area contributed by atoms with Crippen LogP contribution in [-0.2, 0) is 0 Å². The van der Waals surface area contributed by atoms with E-state index in [-0.39, 0.29) is 22.3 Å². The Morgan fingerprint density at radius 1 is 0.900 bits per heavy atom. The standard InChI is InChI=1S/C15H10N2O3/c18-11-1-2-12(19)15-13(20)5-7-4-10-8(6-16-17-10)3-9(7)14(11)15/h1-6,16-18,20H. The fourth-order valence-electron chi connectivity index (χ4n) is 2.71. The van der Waals surface area contributed by atoms with Crippen molar-refractivity contribution in [3.05, 3.63) is 46.8 Å². The number of rotatable bonds is 0. The van der Waals surface area contributed by atoms with Crippen molar-refractivity contribution in [2.24, 2.45) is 0 Å². The second-order valence-corrected chi connectivity index (χ2v) is 4.80. The number of hydrogen-bond acceptors (Lipinski definition) is 3. The highest BCUT2D eigenvalue weighted by atomic mass is 16.3. The van der Waals surface area contributed by atoms with E-state index in [1.165, 1.54) is 12.1 Å². The molecule has 0 aliphatic heterocycles. The molecule has 0 aliphatic rings. The van der Waals surface area contributed by atoms with Gasteiger partial charge in [-0.3, -0.25) is 4.79 Å². The normalized spacial score (nSPS) is 11.6. The number of phenolic OH excluding ortho intramolecular Hbond substituents is 2. The summed E-state index contributed by atoms with van der Waals surface area (Å²) in [5, 5.41) is 29.0. The number of fused-ring (bicyclic) bond motifs is 4. The first kappa shape index (κ1) is 10.9. The van der Waals surface area contributed by atoms with Gasteiger partial charge in [-0.1, -0.05) is 0 Å². The van der Waals surface area contributed by atoms with E-state index < -0.39 is 0 Å². The molecule has 5 nitrogen and oxygen atoms in total. The van der Waals surface area contributed by atoms with Crippen LogP contribution in [-0.4, -0.2) is 20.4 Å². The van der Waals surface area contributed by atoms with Crippen LogP contribution >= 0.6 is 0 Å². The maximum Gasteiger partial charge on any atom is 0.190 e. The molecule has 0 spiro atoms. The number of benzene rings is 3. The van der Waals surface area contributed by atoms with Crippen molar-refractivity contribution in [1.29, 1.82) is 0 Å². The molecule has 0 amide bonds. The molecule has 4 rings (SSSR count). The molecule has 4 aromatic rings. The minimum atomic E-state index is -0.307. The lowest BCUT2D eigenvalue weighted by atomic mass is 9.99. The first-order valence-corrected chi connectivity index (χ1v) is 6.12. The number of H-pyrrole nitrogens is 2. The Hall–Kier alpha value is -2.95. The number of phenols is 2. The van der Waals surface area contributed by atoms with Crippen LogP contribution in [0.3, 0.4) is 0 Å². The van der Waals surface area contributed by atoms with Crippen molar-refractivity contribution in [1.82, 2.24) is 10.2 Å². The van der Waals surface area contributed by atoms with Gasteiger partial charge in [-0.2, -0.15) is 0 Å². The second-order valence-electron chi connectivity index (χ2n) is 4.80. The van der Waals surface area contributed by atoms with Crippen molar-refractivity contribution in [2.75, 3.05) is 0 Å². The fourth-order valence-corrected chi connectivity index (χ4v) is 2.71. The summed E-state index contributed by atoms with van der Waals surface area (Å²) in [7, 11) is 0. The summed E-state index contributed by atoms with van der Waals surface area (Å²) in [6.45, 7) is 0. The summed E-state index contributed by atoms with van der Waals surface area (Å²) in [5.41, 5.74) is 0.576. The Morgan fingerprint density at radius 2 is 1.75 bits per heavy atom. The Kier molecular flexibility index (Phi) is 1.93. The largest absolute Gasteiger partial charge is 0.507 e. The minimum absolute atomic E-state index is 0.0145. The van der Waals surface area contributed by atoms with Gasteiger partial charge in [0.2, 0.25) is 0 Å². The Balaban J connectivity index is 2.39. The Labute approximate surface area is 112 Å². The molecule has 0 bridgehead atoms. The molecule has 0 fully saturated rings. The lowest BCUT2D eigenvalue weighted by Gasteiger charge is -2.07. The fraction of sp³-hybridized carbons (Fsp3) is 0. The van der Waals surface area contributed by atoms with E-state index in [4.69, 9.17) is 0 Å². The van der Waals surface area contributed by atoms with Crippen LogP contribution in [0.5, 0.6) is 11.5 Å². The number of nitrogens with one attached hydrogen (secondary N) is 2. The summed E-state index contributed by atoms with van der Waals surface area (Å²) in [6, 6.07) is 7.89. The summed E-state index contributed by atoms with van der Waals surface area (Å²) in [6.07, 6.45) is 1.80. The van der Waals surface area contributed by atoms with Crippen molar-refractivity contribution in [2.45, 2.75) is 0 Å². The highest BCUT2D eigenvalue weighted by molar-refractivity contribution is 6.15. The zero-order valence-electron chi connectivity index (χ0n) is 10.3. The van der Waals surface area contributed by atoms with Crippen LogP contribution in [0.25, 0.3) is 32.4 Å². The van der Waals surface area contributed by atoms with E-state index in [0.29, 0.717) is 5.39 Å². The third-order valence-corrected chi connectivity index (χ3v) is 3.62. The third kappa shape index (κ3) is 1.29. The molecule has 0 saturated carbocycles. The van der Waals surface area contributed by atoms with Gasteiger partial charge in [-0.15, -0.1) is 0 Å². The number of aromatic amines is 2. The molecular formula is C15H10N2O3. The van der Waals surface area contributed by atoms with Crippen LogP contribution in [0.4, 0.5) is 0 Å². The predicted molar refractivity (Wildman–Crippen MR) is 77.3 cm³/mol. The summed E-state index contributed by atoms with van der Waals surface area (Å²) in [4.78, 5) is 11.9. The average molecular weight is 266 g/mol. The molecule has 5 heteroatoms. The molecule has 0 radical (unpaired) electrons. The molecule has 98 valence electrons. The molecule has 20 heavy (non-hydrogen) atoms. The maximum atomic E-state index is 11.9. The second kappa shape index (κ2) is 3.54. The van der Waals surface area contributed by atoms with Gasteiger partial charge in [-0.25, -0.2) is 0 Å². The lowest BCUT2D eigenvalue weighted by molar-refractivity contribution is 0.476. The van der Waals surface area contributed by atoms with Crippen LogP contribution in [0.15, 0.2) is 41.3 Å². The molecule has 0 atom stereocenters. The van der Waals surface area contributed by atoms with Gasteiger partial charge in [0.1, 0.15) is 11.5 Å². The van der Waals surface area contributed by atoms with Crippen LogP contribution in [0.1, 0.15) is 0 Å². The molecule has 3 aromatic carbocycles. The van der Waals surface area contributed by atoms with E-state index in [2.05, 4.69) is 10.2 Å². The topological polar surface area (TPSA) is 89.1 Å². The number of aromatic hydroxyl groups is 2. The van der Waals surface area contributed by atoms with E-state index in [1.54, 1.807) is 12.3 Å². The van der Waals surface area contributed by atoms with Crippen LogP contribution in [0.2, 0.25) is 0 Å². The monoisotopic (exact) mass is 266 g/mol. The van der Waals surface area contributed by atoms with Crippen molar-refractivity contribution in [3.8, 4) is 11.5 Å². The van der Waals surface area contributed by atoms with Crippen molar-refractivity contribution >= 4 is 32.4 Å². The first-order chi connectivity index (χ1) is 9.65. The molecule has 0 aliphatic carbocycles. The van der Waals surface area contributed by atoms with Gasteiger partial charge in [0.05, 0.1) is 10.9 Å². The van der Waals surface area contributed by atoms with Crippen molar-refractivity contribution in [3.63, 3.8) is 0 Å². The van der Waals surface area contributed by atoms with Crippen molar-refractivity contribution < 1.29 is 10.2 Å². The molecule has 1 aromatic heterocycles. The van der Waals surface area contributed by atoms with E-state index in [1.807, 2.05) is 12.1 Å². The smallest absolute Gasteiger partial charge is 0.190 e. The SMILES string of the molecule is O=c1ccc(O)c2c1c(O)cc1cc3[nH][nH]cc3cc12. The highest BCUT2D eigenvalue weighted by Gasteiger charge is 2.13. The van der Waals surface area contributed by atoms with Gasteiger partial charge in [0, 0.05) is 17.0 Å². The van der Waals surface area contributed by atoms with Gasteiger partial charge in [-0.05, 0) is 41.1 Å². The molecule has 1 heterocycles. The molecule has 0 unspecified atom stereocenters. The zero-order chi connectivity index (χ0) is 13.9. The van der Waals surface area contributed by atoms with Crippen LogP contribution < -0.4 is 5.43 Å². The summed E-state index contributed by atoms with van der Waals surface area (Å²) >= 11 is 0. The zero-order valence-corrected chi connectivity index (χ0v) is 10.3. The maximum absolute atomic E-state index is 11.9. The van der Waals surface area contributed by atoms with E-state index in [9.17, 15) is 15.0 Å². The van der Waals surface area contributed by atoms with Crippen LogP contribution in [0, 0.1) is 0 Å². The Morgan fingerprint density at radius 3 is 2.60 bits per heavy atom. The molecule has 0 saturated heterocycles. The third-order valence-electron chi connectivity index (χ3n) is 3.62. The quantitative estimate of drug-likeness (QED) is 0.369. The summed E-state index contributed by atoms with van der Waals surface area (Å²) < 4.78 is 0. The molecule has 4 N–H and O–H groups in total. The van der Waals surface area contributed by atoms with Gasteiger partial charge < -0.3 is 20.4 Å². The highest BCUT2D eigenvalue weighted by Crippen LogP contribution is 2.37.